The first-order valence-corrected chi connectivity index (χ1v) is 8.83. The number of hydrogen-bond acceptors (Lipinski definition) is 4. The Hall–Kier alpha value is -3.99. The number of nitrogens with zero attached hydrogens (tertiary/aromatic N) is 2. The average molecular weight is 367 g/mol. The van der Waals surface area contributed by atoms with Crippen molar-refractivity contribution < 1.29 is 4.92 Å². The third kappa shape index (κ3) is 3.73. The molecule has 5 heteroatoms. The molecule has 0 fully saturated rings. The number of hydrogen-bond donors (Lipinski definition) is 1. The van der Waals surface area contributed by atoms with E-state index in [0.29, 0.717) is 0 Å². The number of nitro groups is 1. The van der Waals surface area contributed by atoms with Crippen LogP contribution < -0.4 is 5.32 Å². The summed E-state index contributed by atoms with van der Waals surface area (Å²) in [6.07, 6.45) is 1.76. The largest absolute Gasteiger partial charge is 0.355 e. The molecule has 0 aliphatic heterocycles. The zero-order valence-corrected chi connectivity index (χ0v) is 14.9. The molecule has 0 aliphatic carbocycles. The zero-order valence-electron chi connectivity index (χ0n) is 14.9. The highest BCUT2D eigenvalue weighted by molar-refractivity contribution is 5.83. The van der Waals surface area contributed by atoms with E-state index < -0.39 is 4.92 Å². The Morgan fingerprint density at radius 2 is 1.54 bits per heavy atom. The van der Waals surface area contributed by atoms with E-state index in [-0.39, 0.29) is 5.69 Å². The predicted molar refractivity (Wildman–Crippen MR) is 111 cm³/mol. The monoisotopic (exact) mass is 367 g/mol. The van der Waals surface area contributed by atoms with Gasteiger partial charge in [0.15, 0.2) is 0 Å². The van der Waals surface area contributed by atoms with E-state index in [1.165, 1.54) is 12.1 Å². The number of nitrogens with one attached hydrogen (secondary N) is 1. The standard InChI is InChI=1S/C23H17N3O2/c27-26(28)20-12-10-19(11-13-20)25-23-16-18(17-6-2-1-3-7-17)9-14-21(23)22-8-4-5-15-24-22/h1-16,25H. The van der Waals surface area contributed by atoms with Gasteiger partial charge in [0, 0.05) is 35.3 Å². The predicted octanol–water partition coefficient (Wildman–Crippen LogP) is 6.07. The Morgan fingerprint density at radius 3 is 2.21 bits per heavy atom. The summed E-state index contributed by atoms with van der Waals surface area (Å²) < 4.78 is 0. The van der Waals surface area contributed by atoms with Crippen LogP contribution >= 0.6 is 0 Å². The molecule has 4 aromatic rings. The molecule has 0 saturated carbocycles. The summed E-state index contributed by atoms with van der Waals surface area (Å²) in [5.74, 6) is 0. The van der Waals surface area contributed by atoms with E-state index in [1.54, 1.807) is 18.3 Å². The van der Waals surface area contributed by atoms with Crippen molar-refractivity contribution in [3.05, 3.63) is 107 Å². The van der Waals surface area contributed by atoms with E-state index in [9.17, 15) is 10.1 Å². The maximum Gasteiger partial charge on any atom is 0.269 e. The van der Waals surface area contributed by atoms with E-state index in [0.717, 1.165) is 33.8 Å². The topological polar surface area (TPSA) is 68.1 Å². The van der Waals surface area contributed by atoms with Gasteiger partial charge in [0.1, 0.15) is 0 Å². The number of rotatable bonds is 5. The van der Waals surface area contributed by atoms with Gasteiger partial charge in [0.05, 0.1) is 10.6 Å². The van der Waals surface area contributed by atoms with Crippen LogP contribution in [0.5, 0.6) is 0 Å². The van der Waals surface area contributed by atoms with Crippen LogP contribution in [-0.2, 0) is 0 Å². The van der Waals surface area contributed by atoms with Gasteiger partial charge in [-0.05, 0) is 41.5 Å². The van der Waals surface area contributed by atoms with Gasteiger partial charge in [-0.25, -0.2) is 0 Å². The molecule has 0 spiro atoms. The fraction of sp³-hybridized carbons (Fsp3) is 0. The highest BCUT2D eigenvalue weighted by Crippen LogP contribution is 2.33. The van der Waals surface area contributed by atoms with E-state index in [1.807, 2.05) is 42.5 Å². The second-order valence-corrected chi connectivity index (χ2v) is 6.27. The molecule has 4 rings (SSSR count). The lowest BCUT2D eigenvalue weighted by molar-refractivity contribution is -0.384. The van der Waals surface area contributed by atoms with Crippen molar-refractivity contribution in [3.63, 3.8) is 0 Å². The molecular formula is C23H17N3O2. The molecule has 0 atom stereocenters. The van der Waals surface area contributed by atoms with Gasteiger partial charge in [0.25, 0.3) is 5.69 Å². The van der Waals surface area contributed by atoms with Crippen LogP contribution in [0.1, 0.15) is 0 Å². The van der Waals surface area contributed by atoms with Crippen LogP contribution in [0.2, 0.25) is 0 Å². The van der Waals surface area contributed by atoms with Crippen molar-refractivity contribution in [1.82, 2.24) is 4.98 Å². The molecule has 0 radical (unpaired) electrons. The second kappa shape index (κ2) is 7.72. The molecule has 136 valence electrons. The van der Waals surface area contributed by atoms with Gasteiger partial charge in [-0.3, -0.25) is 15.1 Å². The van der Waals surface area contributed by atoms with Crippen molar-refractivity contribution in [2.24, 2.45) is 0 Å². The van der Waals surface area contributed by atoms with Crippen molar-refractivity contribution in [3.8, 4) is 22.4 Å². The molecule has 0 unspecified atom stereocenters. The first-order chi connectivity index (χ1) is 13.7. The highest BCUT2D eigenvalue weighted by atomic mass is 16.6. The fourth-order valence-corrected chi connectivity index (χ4v) is 3.03. The van der Waals surface area contributed by atoms with Gasteiger partial charge in [-0.2, -0.15) is 0 Å². The molecule has 0 amide bonds. The normalized spacial score (nSPS) is 10.4. The van der Waals surface area contributed by atoms with Gasteiger partial charge < -0.3 is 5.32 Å². The number of benzene rings is 3. The molecule has 28 heavy (non-hydrogen) atoms. The van der Waals surface area contributed by atoms with E-state index in [2.05, 4.69) is 34.6 Å². The minimum Gasteiger partial charge on any atom is -0.355 e. The zero-order chi connectivity index (χ0) is 19.3. The van der Waals surface area contributed by atoms with Crippen LogP contribution in [0, 0.1) is 10.1 Å². The van der Waals surface area contributed by atoms with Crippen LogP contribution in [-0.4, -0.2) is 9.91 Å². The average Bonchev–Trinajstić information content (AvgIpc) is 2.75. The lowest BCUT2D eigenvalue weighted by Gasteiger charge is -2.14. The Balaban J connectivity index is 1.76. The molecule has 0 aliphatic rings. The molecule has 1 heterocycles. The lowest BCUT2D eigenvalue weighted by Crippen LogP contribution is -1.96. The van der Waals surface area contributed by atoms with Gasteiger partial charge >= 0.3 is 0 Å². The molecule has 1 aromatic heterocycles. The summed E-state index contributed by atoms with van der Waals surface area (Å²) in [5, 5.41) is 14.3. The quantitative estimate of drug-likeness (QED) is 0.343. The number of nitro benzene ring substituents is 1. The Labute approximate surface area is 162 Å². The lowest BCUT2D eigenvalue weighted by atomic mass is 10.0. The summed E-state index contributed by atoms with van der Waals surface area (Å²) in [7, 11) is 0. The molecule has 0 saturated heterocycles. The highest BCUT2D eigenvalue weighted by Gasteiger charge is 2.10. The third-order valence-electron chi connectivity index (χ3n) is 4.42. The third-order valence-corrected chi connectivity index (χ3v) is 4.42. The van der Waals surface area contributed by atoms with E-state index >= 15 is 0 Å². The molecular weight excluding hydrogens is 350 g/mol. The van der Waals surface area contributed by atoms with E-state index in [4.69, 9.17) is 0 Å². The maximum absolute atomic E-state index is 10.9. The summed E-state index contributed by atoms with van der Waals surface area (Å²) in [5.41, 5.74) is 5.71. The van der Waals surface area contributed by atoms with Crippen molar-refractivity contribution >= 4 is 17.1 Å². The van der Waals surface area contributed by atoms with Crippen LogP contribution in [0.3, 0.4) is 0 Å². The number of non-ortho nitro benzene ring substituents is 1. The maximum atomic E-state index is 10.9. The van der Waals surface area contributed by atoms with Gasteiger partial charge in [0.2, 0.25) is 0 Å². The first-order valence-electron chi connectivity index (χ1n) is 8.83. The van der Waals surface area contributed by atoms with Gasteiger partial charge in [-0.1, -0.05) is 48.5 Å². The van der Waals surface area contributed by atoms with Crippen molar-refractivity contribution in [2.45, 2.75) is 0 Å². The molecule has 1 N–H and O–H groups in total. The van der Waals surface area contributed by atoms with Crippen LogP contribution in [0.25, 0.3) is 22.4 Å². The summed E-state index contributed by atoms with van der Waals surface area (Å²) in [4.78, 5) is 14.9. The first kappa shape index (κ1) is 17.4. The Kier molecular flexibility index (Phi) is 4.80. The minimum absolute atomic E-state index is 0.0635. The van der Waals surface area contributed by atoms with Crippen LogP contribution in [0.4, 0.5) is 17.1 Å². The molecule has 5 nitrogen and oxygen atoms in total. The molecule has 0 bridgehead atoms. The number of aromatic nitrogens is 1. The van der Waals surface area contributed by atoms with Crippen LogP contribution in [0.15, 0.2) is 97.2 Å². The Morgan fingerprint density at radius 1 is 0.786 bits per heavy atom. The Bertz CT molecular complexity index is 1100. The number of pyridine rings is 1. The summed E-state index contributed by atoms with van der Waals surface area (Å²) in [6, 6.07) is 28.5. The fourth-order valence-electron chi connectivity index (χ4n) is 3.03. The van der Waals surface area contributed by atoms with Gasteiger partial charge in [-0.15, -0.1) is 0 Å². The minimum atomic E-state index is -0.404. The molecule has 3 aromatic carbocycles. The van der Waals surface area contributed by atoms with Crippen molar-refractivity contribution in [2.75, 3.05) is 5.32 Å². The summed E-state index contributed by atoms with van der Waals surface area (Å²) >= 11 is 0. The SMILES string of the molecule is O=[N+]([O-])c1ccc(Nc2cc(-c3ccccc3)ccc2-c2ccccn2)cc1. The van der Waals surface area contributed by atoms with Crippen molar-refractivity contribution in [1.29, 1.82) is 0 Å². The second-order valence-electron chi connectivity index (χ2n) is 6.27. The number of anilines is 2. The smallest absolute Gasteiger partial charge is 0.269 e. The summed E-state index contributed by atoms with van der Waals surface area (Å²) in [6.45, 7) is 0.